The molecular weight excluding hydrogens is 216 g/mol. The van der Waals surface area contributed by atoms with Crippen molar-refractivity contribution in [3.8, 4) is 23.5 Å². The zero-order chi connectivity index (χ0) is 12.4. The Morgan fingerprint density at radius 2 is 1.44 bits per heavy atom. The van der Waals surface area contributed by atoms with E-state index in [1.165, 1.54) is 16.3 Å². The molecule has 0 aliphatic heterocycles. The summed E-state index contributed by atoms with van der Waals surface area (Å²) in [6.45, 7) is 0. The minimum Gasteiger partial charge on any atom is -0.115 e. The molecule has 0 spiro atoms. The molecular formula is C18H12. The first-order valence-electron chi connectivity index (χ1n) is 5.94. The number of hydrogen-bond donors (Lipinski definition) is 0. The third kappa shape index (κ3) is 1.67. The Labute approximate surface area is 107 Å². The number of terminal acetylenes is 1. The van der Waals surface area contributed by atoms with Crippen molar-refractivity contribution in [2.45, 2.75) is 0 Å². The maximum atomic E-state index is 5.63. The zero-order valence-electron chi connectivity index (χ0n) is 9.93. The topological polar surface area (TPSA) is 0 Å². The maximum absolute atomic E-state index is 5.63. The van der Waals surface area contributed by atoms with Gasteiger partial charge in [0.2, 0.25) is 0 Å². The van der Waals surface area contributed by atoms with Crippen LogP contribution in [-0.4, -0.2) is 0 Å². The second kappa shape index (κ2) is 4.39. The van der Waals surface area contributed by atoms with Gasteiger partial charge in [0.1, 0.15) is 0 Å². The number of fused-ring (bicyclic) bond motifs is 1. The van der Waals surface area contributed by atoms with Gasteiger partial charge in [-0.25, -0.2) is 0 Å². The van der Waals surface area contributed by atoms with Crippen molar-refractivity contribution >= 4 is 10.8 Å². The van der Waals surface area contributed by atoms with Gasteiger partial charge in [-0.1, -0.05) is 66.6 Å². The van der Waals surface area contributed by atoms with Crippen LogP contribution < -0.4 is 0 Å². The quantitative estimate of drug-likeness (QED) is 0.538. The summed E-state index contributed by atoms with van der Waals surface area (Å²) >= 11 is 0. The molecule has 0 unspecified atom stereocenters. The van der Waals surface area contributed by atoms with Crippen molar-refractivity contribution < 1.29 is 0 Å². The highest BCUT2D eigenvalue weighted by molar-refractivity contribution is 5.99. The summed E-state index contributed by atoms with van der Waals surface area (Å²) in [5, 5.41) is 2.43. The maximum Gasteiger partial charge on any atom is 0.0327 e. The summed E-state index contributed by atoms with van der Waals surface area (Å²) in [6, 6.07) is 22.7. The van der Waals surface area contributed by atoms with Gasteiger partial charge in [-0.3, -0.25) is 0 Å². The molecule has 0 saturated carbocycles. The van der Waals surface area contributed by atoms with Crippen LogP contribution in [0.1, 0.15) is 5.56 Å². The molecule has 0 atom stereocenters. The first kappa shape index (κ1) is 10.6. The Morgan fingerprint density at radius 1 is 0.722 bits per heavy atom. The van der Waals surface area contributed by atoms with Gasteiger partial charge in [-0.05, 0) is 22.4 Å². The lowest BCUT2D eigenvalue weighted by Crippen LogP contribution is -1.86. The van der Waals surface area contributed by atoms with Crippen LogP contribution in [0.15, 0.2) is 66.7 Å². The third-order valence-electron chi connectivity index (χ3n) is 3.15. The number of rotatable bonds is 1. The molecule has 0 radical (unpaired) electrons. The molecule has 0 saturated heterocycles. The van der Waals surface area contributed by atoms with Gasteiger partial charge in [-0.15, -0.1) is 6.42 Å². The second-order valence-electron chi connectivity index (χ2n) is 4.22. The third-order valence-corrected chi connectivity index (χ3v) is 3.15. The van der Waals surface area contributed by atoms with Crippen LogP contribution in [0.25, 0.3) is 21.9 Å². The van der Waals surface area contributed by atoms with E-state index in [1.807, 2.05) is 30.3 Å². The van der Waals surface area contributed by atoms with Gasteiger partial charge in [0.15, 0.2) is 0 Å². The summed E-state index contributed by atoms with van der Waals surface area (Å²) < 4.78 is 0. The molecule has 18 heavy (non-hydrogen) atoms. The van der Waals surface area contributed by atoms with Crippen LogP contribution >= 0.6 is 0 Å². The summed E-state index contributed by atoms with van der Waals surface area (Å²) in [7, 11) is 0. The smallest absolute Gasteiger partial charge is 0.0327 e. The van der Waals surface area contributed by atoms with E-state index in [4.69, 9.17) is 6.42 Å². The molecule has 0 heterocycles. The summed E-state index contributed by atoms with van der Waals surface area (Å²) in [4.78, 5) is 0. The van der Waals surface area contributed by atoms with Crippen molar-refractivity contribution in [1.82, 2.24) is 0 Å². The fourth-order valence-corrected chi connectivity index (χ4v) is 2.31. The molecule has 0 heteroatoms. The van der Waals surface area contributed by atoms with Crippen molar-refractivity contribution in [1.29, 1.82) is 0 Å². The molecule has 3 aromatic rings. The minimum atomic E-state index is 0.944. The van der Waals surface area contributed by atoms with Crippen LogP contribution in [0.4, 0.5) is 0 Å². The Kier molecular flexibility index (Phi) is 2.59. The van der Waals surface area contributed by atoms with Crippen molar-refractivity contribution in [2.24, 2.45) is 0 Å². The van der Waals surface area contributed by atoms with Gasteiger partial charge in [0, 0.05) is 11.1 Å². The Bertz CT molecular complexity index is 731. The lowest BCUT2D eigenvalue weighted by atomic mass is 9.94. The minimum absolute atomic E-state index is 0.944. The molecule has 0 aliphatic rings. The Hall–Kier alpha value is -2.52. The zero-order valence-corrected chi connectivity index (χ0v) is 9.93. The first-order valence-corrected chi connectivity index (χ1v) is 5.94. The molecule has 84 valence electrons. The number of benzene rings is 3. The van der Waals surface area contributed by atoms with Gasteiger partial charge in [0.25, 0.3) is 0 Å². The summed E-state index contributed by atoms with van der Waals surface area (Å²) in [5.74, 6) is 2.79. The standard InChI is InChI=1S/C18H12/c1-2-14-12-13-15-8-6-7-11-17(15)18(14)16-9-4-3-5-10-16/h1,3-13H. The molecule has 3 rings (SSSR count). The van der Waals surface area contributed by atoms with E-state index >= 15 is 0 Å². The van der Waals surface area contributed by atoms with Crippen LogP contribution in [0.5, 0.6) is 0 Å². The highest BCUT2D eigenvalue weighted by Gasteiger charge is 2.07. The SMILES string of the molecule is C#Cc1ccc2ccccc2c1-c1ccccc1. The van der Waals surface area contributed by atoms with Crippen LogP contribution in [0.2, 0.25) is 0 Å². The van der Waals surface area contributed by atoms with Gasteiger partial charge < -0.3 is 0 Å². The van der Waals surface area contributed by atoms with E-state index in [2.05, 4.69) is 42.3 Å². The van der Waals surface area contributed by atoms with Gasteiger partial charge in [0.05, 0.1) is 0 Å². The molecule has 0 aromatic heterocycles. The molecule has 0 amide bonds. The predicted octanol–water partition coefficient (Wildman–Crippen LogP) is 4.49. The molecule has 0 nitrogen and oxygen atoms in total. The van der Waals surface area contributed by atoms with Crippen LogP contribution in [-0.2, 0) is 0 Å². The highest BCUT2D eigenvalue weighted by atomic mass is 14.1. The normalized spacial score (nSPS) is 10.2. The van der Waals surface area contributed by atoms with Gasteiger partial charge >= 0.3 is 0 Å². The van der Waals surface area contributed by atoms with Crippen LogP contribution in [0, 0.1) is 12.3 Å². The highest BCUT2D eigenvalue weighted by Crippen LogP contribution is 2.31. The van der Waals surface area contributed by atoms with Crippen molar-refractivity contribution in [3.05, 3.63) is 72.3 Å². The molecule has 0 bridgehead atoms. The predicted molar refractivity (Wildman–Crippen MR) is 77.3 cm³/mol. The summed E-state index contributed by atoms with van der Waals surface area (Å²) in [6.07, 6.45) is 5.63. The first-order chi connectivity index (χ1) is 8.90. The average Bonchev–Trinajstić information content (AvgIpc) is 2.47. The molecule has 3 aromatic carbocycles. The molecule has 0 fully saturated rings. The van der Waals surface area contributed by atoms with E-state index < -0.39 is 0 Å². The van der Waals surface area contributed by atoms with E-state index in [1.54, 1.807) is 0 Å². The lowest BCUT2D eigenvalue weighted by Gasteiger charge is -2.09. The van der Waals surface area contributed by atoms with Crippen LogP contribution in [0.3, 0.4) is 0 Å². The molecule has 0 N–H and O–H groups in total. The van der Waals surface area contributed by atoms with E-state index in [0.29, 0.717) is 0 Å². The average molecular weight is 228 g/mol. The molecule has 0 aliphatic carbocycles. The second-order valence-corrected chi connectivity index (χ2v) is 4.22. The lowest BCUT2D eigenvalue weighted by molar-refractivity contribution is 1.62. The Morgan fingerprint density at radius 3 is 2.22 bits per heavy atom. The number of hydrogen-bond acceptors (Lipinski definition) is 0. The fraction of sp³-hybridized carbons (Fsp3) is 0. The van der Waals surface area contributed by atoms with Crippen molar-refractivity contribution in [2.75, 3.05) is 0 Å². The Balaban J connectivity index is 2.42. The van der Waals surface area contributed by atoms with E-state index in [-0.39, 0.29) is 0 Å². The van der Waals surface area contributed by atoms with Crippen molar-refractivity contribution in [3.63, 3.8) is 0 Å². The monoisotopic (exact) mass is 228 g/mol. The van der Waals surface area contributed by atoms with E-state index in [9.17, 15) is 0 Å². The largest absolute Gasteiger partial charge is 0.115 e. The fourth-order valence-electron chi connectivity index (χ4n) is 2.31. The summed E-state index contributed by atoms with van der Waals surface area (Å²) in [5.41, 5.74) is 3.26. The van der Waals surface area contributed by atoms with Gasteiger partial charge in [-0.2, -0.15) is 0 Å². The van der Waals surface area contributed by atoms with E-state index in [0.717, 1.165) is 11.1 Å².